The first-order valence-corrected chi connectivity index (χ1v) is 12.2. The molecule has 0 bridgehead atoms. The van der Waals surface area contributed by atoms with Gasteiger partial charge in [0.15, 0.2) is 11.5 Å². The zero-order valence-electron chi connectivity index (χ0n) is 18.5. The lowest BCUT2D eigenvalue weighted by molar-refractivity contribution is -0.132. The van der Waals surface area contributed by atoms with Gasteiger partial charge in [0.25, 0.3) is 5.56 Å². The third-order valence-electron chi connectivity index (χ3n) is 6.41. The second-order valence-corrected chi connectivity index (χ2v) is 9.55. The van der Waals surface area contributed by atoms with Crippen LogP contribution in [0.2, 0.25) is 0 Å². The van der Waals surface area contributed by atoms with Crippen molar-refractivity contribution in [2.75, 3.05) is 19.8 Å². The number of hydrogen-bond acceptors (Lipinski definition) is 6. The number of aromatic nitrogens is 2. The van der Waals surface area contributed by atoms with E-state index in [0.29, 0.717) is 30.0 Å². The Bertz CT molecular complexity index is 1430. The first-order chi connectivity index (χ1) is 16.7. The molecule has 0 saturated carbocycles. The van der Waals surface area contributed by atoms with Crippen LogP contribution in [-0.2, 0) is 11.3 Å². The predicted molar refractivity (Wildman–Crippen MR) is 130 cm³/mol. The molecule has 0 spiro atoms. The number of likely N-dealkylation sites (tertiary alicyclic amines) is 1. The van der Waals surface area contributed by atoms with E-state index in [1.54, 1.807) is 0 Å². The molecule has 4 aromatic rings. The molecule has 7 nitrogen and oxygen atoms in total. The van der Waals surface area contributed by atoms with Gasteiger partial charge in [-0.25, -0.2) is 4.98 Å². The van der Waals surface area contributed by atoms with E-state index in [1.807, 2.05) is 59.5 Å². The maximum absolute atomic E-state index is 13.3. The third kappa shape index (κ3) is 3.74. The number of hydrogen-bond donors (Lipinski definition) is 0. The van der Waals surface area contributed by atoms with Crippen LogP contribution < -0.4 is 15.0 Å². The van der Waals surface area contributed by atoms with Crippen molar-refractivity contribution in [3.63, 3.8) is 0 Å². The largest absolute Gasteiger partial charge is 0.486 e. The Balaban J connectivity index is 1.25. The summed E-state index contributed by atoms with van der Waals surface area (Å²) < 4.78 is 12.8. The summed E-state index contributed by atoms with van der Waals surface area (Å²) in [6.45, 7) is 1.71. The fourth-order valence-electron chi connectivity index (χ4n) is 4.73. The van der Waals surface area contributed by atoms with Crippen LogP contribution in [0, 0.1) is 0 Å². The number of benzene rings is 2. The molecule has 2 aromatic heterocycles. The van der Waals surface area contributed by atoms with E-state index in [2.05, 4.69) is 4.98 Å². The van der Waals surface area contributed by atoms with Crippen molar-refractivity contribution in [3.05, 3.63) is 76.8 Å². The van der Waals surface area contributed by atoms with Crippen LogP contribution in [0.15, 0.2) is 65.7 Å². The molecule has 2 aliphatic rings. The first-order valence-electron chi connectivity index (χ1n) is 11.4. The summed E-state index contributed by atoms with van der Waals surface area (Å²) in [7, 11) is 0. The SMILES string of the molecule is O=C(Cn1cnc2sc(-c3ccccc3)cc2c1=O)N1CCC[C@@H]1c1ccc2c(c1)OCCO2. The molecular weight excluding hydrogens is 450 g/mol. The Hall–Kier alpha value is -3.65. The molecule has 8 heteroatoms. The zero-order valence-corrected chi connectivity index (χ0v) is 19.3. The fraction of sp³-hybridized carbons (Fsp3) is 0.269. The number of carbonyl (C=O) groups excluding carboxylic acids is 1. The average Bonchev–Trinajstić information content (AvgIpc) is 3.54. The second-order valence-electron chi connectivity index (χ2n) is 8.52. The summed E-state index contributed by atoms with van der Waals surface area (Å²) in [5.41, 5.74) is 1.89. The van der Waals surface area contributed by atoms with Crippen LogP contribution >= 0.6 is 11.3 Å². The Morgan fingerprint density at radius 3 is 2.74 bits per heavy atom. The Morgan fingerprint density at radius 1 is 1.06 bits per heavy atom. The molecule has 0 unspecified atom stereocenters. The molecular formula is C26H23N3O4S. The highest BCUT2D eigenvalue weighted by atomic mass is 32.1. The molecule has 0 aliphatic carbocycles. The smallest absolute Gasteiger partial charge is 0.262 e. The zero-order chi connectivity index (χ0) is 23.1. The summed E-state index contributed by atoms with van der Waals surface area (Å²) in [5, 5.41) is 0.545. The summed E-state index contributed by atoms with van der Waals surface area (Å²) in [6, 6.07) is 17.6. The maximum Gasteiger partial charge on any atom is 0.262 e. The van der Waals surface area contributed by atoms with Crippen LogP contribution in [0.25, 0.3) is 20.7 Å². The third-order valence-corrected chi connectivity index (χ3v) is 7.50. The molecule has 0 N–H and O–H groups in total. The van der Waals surface area contributed by atoms with E-state index in [-0.39, 0.29) is 24.1 Å². The molecule has 6 rings (SSSR count). The number of nitrogens with zero attached hydrogens (tertiary/aromatic N) is 3. The quantitative estimate of drug-likeness (QED) is 0.443. The van der Waals surface area contributed by atoms with Crippen LogP contribution in [0.5, 0.6) is 11.5 Å². The summed E-state index contributed by atoms with van der Waals surface area (Å²) in [5.74, 6) is 1.38. The van der Waals surface area contributed by atoms with Gasteiger partial charge in [0.1, 0.15) is 24.6 Å². The number of amides is 1. The molecule has 1 saturated heterocycles. The standard InChI is InChI=1S/C26H23N3O4S/c30-24(29-10-4-7-20(29)18-8-9-21-22(13-18)33-12-11-32-21)15-28-16-27-25-19(26(28)31)14-23(34-25)17-5-2-1-3-6-17/h1-3,5-6,8-9,13-14,16,20H,4,7,10-12,15H2/t20-/m1/s1. The number of rotatable bonds is 4. The minimum Gasteiger partial charge on any atom is -0.486 e. The highest BCUT2D eigenvalue weighted by molar-refractivity contribution is 7.21. The van der Waals surface area contributed by atoms with E-state index >= 15 is 0 Å². The summed E-state index contributed by atoms with van der Waals surface area (Å²) in [4.78, 5) is 34.5. The summed E-state index contributed by atoms with van der Waals surface area (Å²) >= 11 is 1.48. The molecule has 0 radical (unpaired) electrons. The van der Waals surface area contributed by atoms with E-state index < -0.39 is 0 Å². The molecule has 2 aromatic carbocycles. The van der Waals surface area contributed by atoms with Crippen molar-refractivity contribution in [2.24, 2.45) is 0 Å². The molecule has 172 valence electrons. The first kappa shape index (κ1) is 20.9. The Labute approximate surface area is 200 Å². The molecule has 1 amide bonds. The number of ether oxygens (including phenoxy) is 2. The van der Waals surface area contributed by atoms with Crippen LogP contribution in [0.3, 0.4) is 0 Å². The topological polar surface area (TPSA) is 73.7 Å². The second kappa shape index (κ2) is 8.61. The van der Waals surface area contributed by atoms with E-state index in [9.17, 15) is 9.59 Å². The van der Waals surface area contributed by atoms with Gasteiger partial charge < -0.3 is 14.4 Å². The highest BCUT2D eigenvalue weighted by Crippen LogP contribution is 2.38. The van der Waals surface area contributed by atoms with Crippen LogP contribution in [0.1, 0.15) is 24.4 Å². The lowest BCUT2D eigenvalue weighted by atomic mass is 10.0. The molecule has 2 aliphatic heterocycles. The molecule has 4 heterocycles. The van der Waals surface area contributed by atoms with Crippen molar-refractivity contribution in [2.45, 2.75) is 25.4 Å². The summed E-state index contributed by atoms with van der Waals surface area (Å²) in [6.07, 6.45) is 3.29. The Kier molecular flexibility index (Phi) is 5.30. The Morgan fingerprint density at radius 2 is 1.88 bits per heavy atom. The predicted octanol–water partition coefficient (Wildman–Crippen LogP) is 4.26. The van der Waals surface area contributed by atoms with E-state index in [4.69, 9.17) is 9.47 Å². The monoisotopic (exact) mass is 473 g/mol. The molecule has 34 heavy (non-hydrogen) atoms. The lowest BCUT2D eigenvalue weighted by Gasteiger charge is -2.27. The van der Waals surface area contributed by atoms with Crippen molar-refractivity contribution >= 4 is 27.5 Å². The molecule has 1 atom stereocenters. The van der Waals surface area contributed by atoms with Crippen molar-refractivity contribution in [1.82, 2.24) is 14.5 Å². The van der Waals surface area contributed by atoms with Crippen molar-refractivity contribution in [3.8, 4) is 21.9 Å². The van der Waals surface area contributed by atoms with Crippen molar-refractivity contribution in [1.29, 1.82) is 0 Å². The van der Waals surface area contributed by atoms with Gasteiger partial charge >= 0.3 is 0 Å². The normalized spacial score (nSPS) is 17.3. The molecule has 1 fully saturated rings. The minimum atomic E-state index is -0.188. The lowest BCUT2D eigenvalue weighted by Crippen LogP contribution is -2.36. The van der Waals surface area contributed by atoms with Gasteiger partial charge in [0.2, 0.25) is 5.91 Å². The highest BCUT2D eigenvalue weighted by Gasteiger charge is 2.31. The van der Waals surface area contributed by atoms with Crippen molar-refractivity contribution < 1.29 is 14.3 Å². The van der Waals surface area contributed by atoms with Crippen LogP contribution in [0.4, 0.5) is 0 Å². The maximum atomic E-state index is 13.3. The number of thiophene rings is 1. The van der Waals surface area contributed by atoms with E-state index in [0.717, 1.165) is 40.3 Å². The fourth-order valence-corrected chi connectivity index (χ4v) is 5.73. The minimum absolute atomic E-state index is 0.0284. The van der Waals surface area contributed by atoms with Gasteiger partial charge in [-0.2, -0.15) is 0 Å². The van der Waals surface area contributed by atoms with E-state index in [1.165, 1.54) is 22.2 Å². The van der Waals surface area contributed by atoms with Gasteiger partial charge in [-0.15, -0.1) is 11.3 Å². The van der Waals surface area contributed by atoms with Gasteiger partial charge in [0, 0.05) is 11.4 Å². The van der Waals surface area contributed by atoms with Gasteiger partial charge in [-0.05, 0) is 42.2 Å². The number of carbonyl (C=O) groups is 1. The average molecular weight is 474 g/mol. The van der Waals surface area contributed by atoms with Gasteiger partial charge in [-0.1, -0.05) is 36.4 Å². The van der Waals surface area contributed by atoms with Gasteiger partial charge in [-0.3, -0.25) is 14.2 Å². The van der Waals surface area contributed by atoms with Gasteiger partial charge in [0.05, 0.1) is 17.8 Å². The number of fused-ring (bicyclic) bond motifs is 2. The van der Waals surface area contributed by atoms with Crippen LogP contribution in [-0.4, -0.2) is 40.1 Å².